The van der Waals surface area contributed by atoms with Crippen LogP contribution in [0.15, 0.2) is 66.7 Å². The normalized spacial score (nSPS) is 24.4. The largest absolute Gasteiger partial charge is 0.493 e. The summed E-state index contributed by atoms with van der Waals surface area (Å²) < 4.78 is 11.8. The lowest BCUT2D eigenvalue weighted by molar-refractivity contribution is -0.147. The van der Waals surface area contributed by atoms with Gasteiger partial charge in [-0.25, -0.2) is 4.90 Å². The van der Waals surface area contributed by atoms with Crippen molar-refractivity contribution >= 4 is 35.1 Å². The van der Waals surface area contributed by atoms with Crippen LogP contribution in [-0.4, -0.2) is 35.5 Å². The molecule has 0 bridgehead atoms. The van der Waals surface area contributed by atoms with Gasteiger partial charge in [-0.3, -0.25) is 19.7 Å². The van der Waals surface area contributed by atoms with E-state index in [0.717, 1.165) is 16.0 Å². The first kappa shape index (κ1) is 25.8. The van der Waals surface area contributed by atoms with Crippen LogP contribution in [0.4, 0.5) is 5.69 Å². The number of hydrogen-bond acceptors (Lipinski definition) is 6. The molecule has 5 rings (SSSR count). The van der Waals surface area contributed by atoms with Gasteiger partial charge in [0, 0.05) is 16.6 Å². The fourth-order valence-electron chi connectivity index (χ4n) is 5.40. The number of methoxy groups -OCH3 is 1. The zero-order chi connectivity index (χ0) is 27.2. The van der Waals surface area contributed by atoms with Gasteiger partial charge in [0.05, 0.1) is 24.6 Å². The predicted octanol–water partition coefficient (Wildman–Crippen LogP) is 4.53. The Labute approximate surface area is 225 Å². The second kappa shape index (κ2) is 9.78. The van der Waals surface area contributed by atoms with Crippen molar-refractivity contribution < 1.29 is 29.0 Å². The molecule has 0 saturated carbocycles. The Hall–Kier alpha value is -3.88. The van der Waals surface area contributed by atoms with E-state index in [1.165, 1.54) is 14.0 Å². The number of carboxylic acids is 1. The van der Waals surface area contributed by atoms with Gasteiger partial charge in [0.1, 0.15) is 12.1 Å². The highest BCUT2D eigenvalue weighted by molar-refractivity contribution is 6.32. The molecule has 0 spiro atoms. The molecule has 4 unspecified atom stereocenters. The smallest absolute Gasteiger partial charge is 0.324 e. The summed E-state index contributed by atoms with van der Waals surface area (Å²) >= 11 is 6.29. The number of aryl methyl sites for hydroxylation is 1. The molecule has 0 aliphatic carbocycles. The lowest BCUT2D eigenvalue weighted by Gasteiger charge is -2.28. The Kier molecular flexibility index (Phi) is 6.63. The van der Waals surface area contributed by atoms with E-state index in [9.17, 15) is 19.5 Å². The number of amides is 2. The fourth-order valence-corrected chi connectivity index (χ4v) is 5.58. The minimum absolute atomic E-state index is 0.228. The first-order chi connectivity index (χ1) is 18.2. The van der Waals surface area contributed by atoms with E-state index in [1.54, 1.807) is 36.4 Å². The number of para-hydroxylation sites is 1. The van der Waals surface area contributed by atoms with Crippen molar-refractivity contribution in [2.24, 2.45) is 11.8 Å². The summed E-state index contributed by atoms with van der Waals surface area (Å²) in [5.41, 5.74) is 0.853. The lowest BCUT2D eigenvalue weighted by Crippen LogP contribution is -2.53. The number of carbonyl (C=O) groups excluding carboxylic acids is 2. The van der Waals surface area contributed by atoms with Crippen molar-refractivity contribution in [2.75, 3.05) is 12.0 Å². The number of nitrogens with one attached hydrogen (secondary N) is 1. The topological polar surface area (TPSA) is 105 Å². The molecule has 2 heterocycles. The molecule has 4 atom stereocenters. The van der Waals surface area contributed by atoms with Gasteiger partial charge in [0.2, 0.25) is 11.8 Å². The highest BCUT2D eigenvalue weighted by atomic mass is 35.5. The molecule has 2 aliphatic rings. The number of aliphatic carboxylic acids is 1. The maximum Gasteiger partial charge on any atom is 0.324 e. The van der Waals surface area contributed by atoms with E-state index in [1.807, 2.05) is 37.3 Å². The first-order valence-corrected chi connectivity index (χ1v) is 12.5. The molecule has 9 heteroatoms. The van der Waals surface area contributed by atoms with Crippen LogP contribution in [0.3, 0.4) is 0 Å². The van der Waals surface area contributed by atoms with E-state index in [4.69, 9.17) is 21.1 Å². The monoisotopic (exact) mass is 534 g/mol. The Morgan fingerprint density at radius 3 is 2.47 bits per heavy atom. The van der Waals surface area contributed by atoms with Crippen molar-refractivity contribution in [2.45, 2.75) is 32.0 Å². The highest BCUT2D eigenvalue weighted by Gasteiger charge is 2.67. The number of fused-ring (bicyclic) bond motifs is 1. The second-order valence-corrected chi connectivity index (χ2v) is 10.1. The number of nitrogens with zero attached hydrogens (tertiary/aromatic N) is 1. The number of ether oxygens (including phenoxy) is 2. The number of rotatable bonds is 7. The average molecular weight is 535 g/mol. The molecule has 38 heavy (non-hydrogen) atoms. The molecule has 0 radical (unpaired) electrons. The Bertz CT molecular complexity index is 1430. The van der Waals surface area contributed by atoms with Crippen molar-refractivity contribution in [3.63, 3.8) is 0 Å². The average Bonchev–Trinajstić information content (AvgIpc) is 3.37. The molecule has 196 valence electrons. The summed E-state index contributed by atoms with van der Waals surface area (Å²) in [4.78, 5) is 41.2. The van der Waals surface area contributed by atoms with E-state index in [2.05, 4.69) is 5.32 Å². The van der Waals surface area contributed by atoms with Crippen LogP contribution >= 0.6 is 11.6 Å². The van der Waals surface area contributed by atoms with Gasteiger partial charge in [0.15, 0.2) is 11.5 Å². The third-order valence-electron chi connectivity index (χ3n) is 7.44. The van der Waals surface area contributed by atoms with Crippen LogP contribution in [0.25, 0.3) is 0 Å². The predicted molar refractivity (Wildman–Crippen MR) is 141 cm³/mol. The van der Waals surface area contributed by atoms with E-state index < -0.39 is 41.2 Å². The summed E-state index contributed by atoms with van der Waals surface area (Å²) in [6.45, 7) is 3.48. The Morgan fingerprint density at radius 1 is 1.08 bits per heavy atom. The third kappa shape index (κ3) is 4.10. The second-order valence-electron chi connectivity index (χ2n) is 9.73. The molecular formula is C29H27ClN2O6. The number of anilines is 1. The van der Waals surface area contributed by atoms with E-state index >= 15 is 0 Å². The van der Waals surface area contributed by atoms with Crippen LogP contribution in [0.1, 0.15) is 29.7 Å². The van der Waals surface area contributed by atoms with Gasteiger partial charge in [0.25, 0.3) is 0 Å². The number of carboxylic acid groups (broad SMARTS) is 1. The molecule has 2 aliphatic heterocycles. The number of benzene rings is 3. The molecular weight excluding hydrogens is 508 g/mol. The van der Waals surface area contributed by atoms with Crippen molar-refractivity contribution in [3.8, 4) is 11.5 Å². The first-order valence-electron chi connectivity index (χ1n) is 12.2. The van der Waals surface area contributed by atoms with Crippen molar-refractivity contribution in [3.05, 3.63) is 88.4 Å². The van der Waals surface area contributed by atoms with Crippen LogP contribution in [0.2, 0.25) is 5.02 Å². The Morgan fingerprint density at radius 2 is 1.82 bits per heavy atom. The molecule has 3 aromatic rings. The van der Waals surface area contributed by atoms with Crippen LogP contribution in [0.5, 0.6) is 11.5 Å². The maximum atomic E-state index is 13.9. The summed E-state index contributed by atoms with van der Waals surface area (Å²) in [6.07, 6.45) is 0. The summed E-state index contributed by atoms with van der Waals surface area (Å²) in [6, 6.07) is 18.9. The number of carbonyl (C=O) groups is 3. The van der Waals surface area contributed by atoms with Gasteiger partial charge < -0.3 is 14.6 Å². The maximum absolute atomic E-state index is 13.9. The van der Waals surface area contributed by atoms with E-state index in [0.29, 0.717) is 27.8 Å². The molecule has 2 amide bonds. The number of imide groups is 1. The third-order valence-corrected chi connectivity index (χ3v) is 7.84. The van der Waals surface area contributed by atoms with Gasteiger partial charge in [-0.15, -0.1) is 0 Å². The van der Waals surface area contributed by atoms with E-state index in [-0.39, 0.29) is 6.61 Å². The summed E-state index contributed by atoms with van der Waals surface area (Å²) in [5, 5.41) is 13.7. The Balaban J connectivity index is 1.59. The molecule has 2 saturated heterocycles. The molecule has 3 aromatic carbocycles. The van der Waals surface area contributed by atoms with Crippen LogP contribution in [-0.2, 0) is 21.0 Å². The standard InChI is InChI=1S/C29H27ClN2O6/c1-16-12-13-18(14-20(16)30)32-26(33)22-23(27(32)34)29(2,28(35)36)31-24(22)19-10-7-11-21(37-3)25(19)38-15-17-8-5-4-6-9-17/h4-14,22-24,31H,15H2,1-3H3,(H,35,36). The van der Waals surface area contributed by atoms with Gasteiger partial charge in [-0.2, -0.15) is 0 Å². The molecule has 2 N–H and O–H groups in total. The summed E-state index contributed by atoms with van der Waals surface area (Å²) in [7, 11) is 1.51. The van der Waals surface area contributed by atoms with Gasteiger partial charge >= 0.3 is 5.97 Å². The summed E-state index contributed by atoms with van der Waals surface area (Å²) in [5.74, 6) is -3.65. The van der Waals surface area contributed by atoms with Gasteiger partial charge in [-0.05, 0) is 43.2 Å². The number of halogens is 1. The highest BCUT2D eigenvalue weighted by Crippen LogP contribution is 2.52. The fraction of sp³-hybridized carbons (Fsp3) is 0.276. The zero-order valence-electron chi connectivity index (χ0n) is 21.1. The SMILES string of the molecule is COc1cccc(C2NC(C)(C(=O)O)C3C(=O)N(c4ccc(C)c(Cl)c4)C(=O)C23)c1OCc1ccccc1. The lowest BCUT2D eigenvalue weighted by atomic mass is 9.80. The zero-order valence-corrected chi connectivity index (χ0v) is 21.9. The van der Waals surface area contributed by atoms with Crippen molar-refractivity contribution in [1.29, 1.82) is 0 Å². The number of hydrogen-bond donors (Lipinski definition) is 2. The molecule has 8 nitrogen and oxygen atoms in total. The quantitative estimate of drug-likeness (QED) is 0.429. The van der Waals surface area contributed by atoms with Crippen LogP contribution < -0.4 is 19.7 Å². The molecule has 2 fully saturated rings. The van der Waals surface area contributed by atoms with Gasteiger partial charge in [-0.1, -0.05) is 60.1 Å². The van der Waals surface area contributed by atoms with Crippen molar-refractivity contribution in [1.82, 2.24) is 5.32 Å². The van der Waals surface area contributed by atoms with Crippen LogP contribution in [0, 0.1) is 18.8 Å². The minimum atomic E-state index is -1.70. The minimum Gasteiger partial charge on any atom is -0.493 e. The molecule has 0 aromatic heterocycles.